The lowest BCUT2D eigenvalue weighted by Gasteiger charge is -2.14. The van der Waals surface area contributed by atoms with Crippen molar-refractivity contribution in [3.8, 4) is 0 Å². The van der Waals surface area contributed by atoms with E-state index in [0.29, 0.717) is 0 Å². The molecule has 0 amide bonds. The maximum atomic E-state index is 4.51. The number of nitrogens with zero attached hydrogens (tertiary/aromatic N) is 2. The summed E-state index contributed by atoms with van der Waals surface area (Å²) in [7, 11) is 0. The van der Waals surface area contributed by atoms with Gasteiger partial charge >= 0.3 is 0 Å². The molecule has 1 aromatic heterocycles. The SMILES string of the molecule is CCCNc1nc(C)nc(NCc2ccccc2Br)c1C. The van der Waals surface area contributed by atoms with Crippen LogP contribution in [0.3, 0.4) is 0 Å². The third-order valence-corrected chi connectivity index (χ3v) is 3.98. The van der Waals surface area contributed by atoms with E-state index in [4.69, 9.17) is 0 Å². The van der Waals surface area contributed by atoms with Crippen LogP contribution < -0.4 is 10.6 Å². The summed E-state index contributed by atoms with van der Waals surface area (Å²) in [5, 5.41) is 6.76. The van der Waals surface area contributed by atoms with E-state index >= 15 is 0 Å². The standard InChI is InChI=1S/C16H21BrN4/c1-4-9-18-15-11(2)16(21-12(3)20-15)19-10-13-7-5-6-8-14(13)17/h5-8H,4,9-10H2,1-3H3,(H2,18,19,20,21). The number of halogens is 1. The highest BCUT2D eigenvalue weighted by molar-refractivity contribution is 9.10. The van der Waals surface area contributed by atoms with E-state index in [-0.39, 0.29) is 0 Å². The highest BCUT2D eigenvalue weighted by atomic mass is 79.9. The molecule has 0 saturated carbocycles. The van der Waals surface area contributed by atoms with Crippen molar-refractivity contribution in [2.45, 2.75) is 33.7 Å². The molecule has 0 fully saturated rings. The Bertz CT molecular complexity index is 613. The Morgan fingerprint density at radius 2 is 1.71 bits per heavy atom. The van der Waals surface area contributed by atoms with Crippen LogP contribution in [0.4, 0.5) is 11.6 Å². The van der Waals surface area contributed by atoms with E-state index in [0.717, 1.165) is 47.0 Å². The fourth-order valence-corrected chi connectivity index (χ4v) is 2.46. The first-order chi connectivity index (χ1) is 10.1. The van der Waals surface area contributed by atoms with Crippen LogP contribution in [0, 0.1) is 13.8 Å². The van der Waals surface area contributed by atoms with Crippen LogP contribution in [0.25, 0.3) is 0 Å². The molecule has 4 nitrogen and oxygen atoms in total. The van der Waals surface area contributed by atoms with Gasteiger partial charge in [0.15, 0.2) is 0 Å². The van der Waals surface area contributed by atoms with Crippen molar-refractivity contribution in [1.29, 1.82) is 0 Å². The van der Waals surface area contributed by atoms with Gasteiger partial charge < -0.3 is 10.6 Å². The molecule has 2 aromatic rings. The smallest absolute Gasteiger partial charge is 0.135 e. The second-order valence-corrected chi connectivity index (χ2v) is 5.82. The lowest BCUT2D eigenvalue weighted by molar-refractivity contribution is 0.942. The maximum Gasteiger partial charge on any atom is 0.135 e. The molecule has 0 aliphatic rings. The monoisotopic (exact) mass is 348 g/mol. The molecule has 2 N–H and O–H groups in total. The van der Waals surface area contributed by atoms with Gasteiger partial charge in [0.05, 0.1) is 0 Å². The number of nitrogens with one attached hydrogen (secondary N) is 2. The Kier molecular flexibility index (Phi) is 5.56. The quantitative estimate of drug-likeness (QED) is 0.817. The van der Waals surface area contributed by atoms with Gasteiger partial charge in [0.1, 0.15) is 17.5 Å². The minimum atomic E-state index is 0.728. The second-order valence-electron chi connectivity index (χ2n) is 4.96. The number of aromatic nitrogens is 2. The van der Waals surface area contributed by atoms with E-state index in [2.05, 4.69) is 49.5 Å². The molecule has 0 aliphatic heterocycles. The summed E-state index contributed by atoms with van der Waals surface area (Å²) in [6, 6.07) is 8.19. The zero-order chi connectivity index (χ0) is 15.2. The van der Waals surface area contributed by atoms with Gasteiger partial charge in [-0.3, -0.25) is 0 Å². The van der Waals surface area contributed by atoms with Gasteiger partial charge in [-0.05, 0) is 31.9 Å². The third kappa shape index (κ3) is 4.17. The Hall–Kier alpha value is -1.62. The van der Waals surface area contributed by atoms with Gasteiger partial charge in [-0.1, -0.05) is 41.1 Å². The molecule has 0 aliphatic carbocycles. The summed E-state index contributed by atoms with van der Waals surface area (Å²) in [6.07, 6.45) is 1.07. The summed E-state index contributed by atoms with van der Waals surface area (Å²) in [5.74, 6) is 2.57. The molecule has 0 saturated heterocycles. The van der Waals surface area contributed by atoms with E-state index in [1.54, 1.807) is 0 Å². The van der Waals surface area contributed by atoms with Gasteiger partial charge in [-0.25, -0.2) is 9.97 Å². The zero-order valence-electron chi connectivity index (χ0n) is 12.7. The predicted octanol–water partition coefficient (Wildman–Crippen LogP) is 4.29. The molecule has 1 aromatic carbocycles. The molecular weight excluding hydrogens is 328 g/mol. The molecule has 0 spiro atoms. The third-order valence-electron chi connectivity index (χ3n) is 3.20. The fraction of sp³-hybridized carbons (Fsp3) is 0.375. The van der Waals surface area contributed by atoms with Crippen molar-refractivity contribution in [3.05, 3.63) is 45.7 Å². The van der Waals surface area contributed by atoms with Gasteiger partial charge in [0.25, 0.3) is 0 Å². The molecule has 0 atom stereocenters. The lowest BCUT2D eigenvalue weighted by Crippen LogP contribution is -2.10. The zero-order valence-corrected chi connectivity index (χ0v) is 14.3. The van der Waals surface area contributed by atoms with Crippen molar-refractivity contribution < 1.29 is 0 Å². The Labute approximate surface area is 134 Å². The first kappa shape index (κ1) is 15.8. The summed E-state index contributed by atoms with van der Waals surface area (Å²) in [6.45, 7) is 7.75. The molecule has 0 radical (unpaired) electrons. The molecule has 0 bridgehead atoms. The van der Waals surface area contributed by atoms with Crippen LogP contribution in [-0.4, -0.2) is 16.5 Å². The first-order valence-electron chi connectivity index (χ1n) is 7.18. The van der Waals surface area contributed by atoms with Crippen LogP contribution in [0.1, 0.15) is 30.3 Å². The number of benzene rings is 1. The van der Waals surface area contributed by atoms with Crippen molar-refractivity contribution in [1.82, 2.24) is 9.97 Å². The van der Waals surface area contributed by atoms with Crippen LogP contribution in [-0.2, 0) is 6.54 Å². The van der Waals surface area contributed by atoms with E-state index in [1.807, 2.05) is 32.0 Å². The van der Waals surface area contributed by atoms with Gasteiger partial charge in [-0.15, -0.1) is 0 Å². The number of rotatable bonds is 6. The predicted molar refractivity (Wildman–Crippen MR) is 91.8 cm³/mol. The lowest BCUT2D eigenvalue weighted by atomic mass is 10.2. The summed E-state index contributed by atoms with van der Waals surface area (Å²) in [5.41, 5.74) is 2.26. The topological polar surface area (TPSA) is 49.8 Å². The van der Waals surface area contributed by atoms with Crippen LogP contribution in [0.2, 0.25) is 0 Å². The van der Waals surface area contributed by atoms with E-state index < -0.39 is 0 Å². The molecule has 2 rings (SSSR count). The summed E-state index contributed by atoms with van der Waals surface area (Å²) in [4.78, 5) is 8.98. The molecule has 112 valence electrons. The van der Waals surface area contributed by atoms with Crippen molar-refractivity contribution in [3.63, 3.8) is 0 Å². The Morgan fingerprint density at radius 1 is 1.05 bits per heavy atom. The van der Waals surface area contributed by atoms with Gasteiger partial charge in [-0.2, -0.15) is 0 Å². The molecule has 1 heterocycles. The largest absolute Gasteiger partial charge is 0.370 e. The highest BCUT2D eigenvalue weighted by Crippen LogP contribution is 2.22. The second kappa shape index (κ2) is 7.41. The van der Waals surface area contributed by atoms with Crippen molar-refractivity contribution in [2.24, 2.45) is 0 Å². The number of anilines is 2. The fourth-order valence-electron chi connectivity index (χ4n) is 2.04. The van der Waals surface area contributed by atoms with Crippen LogP contribution in [0.15, 0.2) is 28.7 Å². The van der Waals surface area contributed by atoms with E-state index in [1.165, 1.54) is 5.56 Å². The number of hydrogen-bond acceptors (Lipinski definition) is 4. The number of aryl methyl sites for hydroxylation is 1. The highest BCUT2D eigenvalue weighted by Gasteiger charge is 2.09. The maximum absolute atomic E-state index is 4.51. The van der Waals surface area contributed by atoms with Gasteiger partial charge in [0, 0.05) is 23.1 Å². The molecule has 5 heteroatoms. The normalized spacial score (nSPS) is 10.5. The van der Waals surface area contributed by atoms with Crippen LogP contribution in [0.5, 0.6) is 0 Å². The molecular formula is C16H21BrN4. The van der Waals surface area contributed by atoms with E-state index in [9.17, 15) is 0 Å². The average molecular weight is 349 g/mol. The minimum Gasteiger partial charge on any atom is -0.370 e. The molecule has 21 heavy (non-hydrogen) atoms. The van der Waals surface area contributed by atoms with Gasteiger partial charge in [0.2, 0.25) is 0 Å². The van der Waals surface area contributed by atoms with Crippen molar-refractivity contribution >= 4 is 27.6 Å². The van der Waals surface area contributed by atoms with Crippen LogP contribution >= 0.6 is 15.9 Å². The summed E-state index contributed by atoms with van der Waals surface area (Å²) >= 11 is 3.57. The molecule has 0 unspecified atom stereocenters. The van der Waals surface area contributed by atoms with Crippen molar-refractivity contribution in [2.75, 3.05) is 17.2 Å². The number of hydrogen-bond donors (Lipinski definition) is 2. The Morgan fingerprint density at radius 3 is 2.38 bits per heavy atom. The summed E-state index contributed by atoms with van der Waals surface area (Å²) < 4.78 is 1.10. The Balaban J connectivity index is 2.16. The average Bonchev–Trinajstić information content (AvgIpc) is 2.47. The minimum absolute atomic E-state index is 0.728. The first-order valence-corrected chi connectivity index (χ1v) is 7.97.